The Morgan fingerprint density at radius 2 is 1.89 bits per heavy atom. The highest BCUT2D eigenvalue weighted by atomic mass is 15.2. The van der Waals surface area contributed by atoms with Crippen LogP contribution in [0.2, 0.25) is 0 Å². The fourth-order valence-electron chi connectivity index (χ4n) is 2.13. The normalized spacial score (nSPS) is 13.1. The zero-order valence-corrected chi connectivity index (χ0v) is 12.4. The molecule has 0 spiro atoms. The molecule has 0 saturated heterocycles. The molecule has 2 N–H and O–H groups in total. The van der Waals surface area contributed by atoms with Crippen LogP contribution in [-0.4, -0.2) is 23.6 Å². The average Bonchev–Trinajstić information content (AvgIpc) is 2.25. The van der Waals surface area contributed by atoms with Crippen molar-refractivity contribution in [2.75, 3.05) is 11.4 Å². The Morgan fingerprint density at radius 3 is 2.39 bits per heavy atom. The zero-order valence-electron chi connectivity index (χ0n) is 12.4. The van der Waals surface area contributed by atoms with E-state index in [1.54, 1.807) is 0 Å². The van der Waals surface area contributed by atoms with E-state index < -0.39 is 0 Å². The highest BCUT2D eigenvalue weighted by Gasteiger charge is 2.17. The lowest BCUT2D eigenvalue weighted by Crippen LogP contribution is -2.36. The molecule has 0 aliphatic rings. The number of hydrogen-bond donors (Lipinski definition) is 1. The van der Waals surface area contributed by atoms with Crippen molar-refractivity contribution in [1.29, 1.82) is 0 Å². The van der Waals surface area contributed by atoms with Gasteiger partial charge in [0.15, 0.2) is 0 Å². The van der Waals surface area contributed by atoms with Crippen molar-refractivity contribution in [2.24, 2.45) is 11.7 Å². The number of nitrogens with two attached hydrogens (primary N) is 1. The van der Waals surface area contributed by atoms with E-state index in [0.717, 1.165) is 18.8 Å². The molecule has 1 unspecified atom stereocenters. The van der Waals surface area contributed by atoms with Crippen LogP contribution in [0.25, 0.3) is 0 Å². The minimum absolute atomic E-state index is 0.168. The summed E-state index contributed by atoms with van der Waals surface area (Å²) in [5.74, 6) is 1.72. The van der Waals surface area contributed by atoms with Gasteiger partial charge in [-0.25, -0.2) is 4.98 Å². The molecule has 0 radical (unpaired) electrons. The number of hydrogen-bond acceptors (Lipinski definition) is 3. The smallest absolute Gasteiger partial charge is 0.131 e. The molecule has 3 heteroatoms. The molecule has 0 amide bonds. The molecule has 0 aromatic carbocycles. The standard InChI is InChI=1S/C15H27N3/c1-11(2)10-18(12(3)4)15-14(9-13(5)16)7-6-8-17-15/h6-8,11-13H,9-10,16H2,1-5H3. The van der Waals surface area contributed by atoms with Gasteiger partial charge in [0.25, 0.3) is 0 Å². The van der Waals surface area contributed by atoms with Gasteiger partial charge >= 0.3 is 0 Å². The van der Waals surface area contributed by atoms with Crippen molar-refractivity contribution in [3.8, 4) is 0 Å². The molecule has 1 aromatic rings. The van der Waals surface area contributed by atoms with Crippen LogP contribution in [0.15, 0.2) is 18.3 Å². The summed E-state index contributed by atoms with van der Waals surface area (Å²) in [7, 11) is 0. The molecule has 1 rings (SSSR count). The maximum Gasteiger partial charge on any atom is 0.131 e. The Labute approximate surface area is 111 Å². The minimum Gasteiger partial charge on any atom is -0.354 e. The van der Waals surface area contributed by atoms with E-state index in [9.17, 15) is 0 Å². The first kappa shape index (κ1) is 15.0. The summed E-state index contributed by atoms with van der Waals surface area (Å²) in [6.45, 7) is 12.0. The van der Waals surface area contributed by atoms with Gasteiger partial charge in [-0.3, -0.25) is 0 Å². The van der Waals surface area contributed by atoms with E-state index in [2.05, 4.69) is 43.6 Å². The predicted molar refractivity (Wildman–Crippen MR) is 78.9 cm³/mol. The van der Waals surface area contributed by atoms with Crippen LogP contribution in [0.1, 0.15) is 40.2 Å². The number of anilines is 1. The maximum absolute atomic E-state index is 5.92. The first-order chi connectivity index (χ1) is 8.41. The summed E-state index contributed by atoms with van der Waals surface area (Å²) in [6, 6.07) is 4.76. The number of nitrogens with zero attached hydrogens (tertiary/aromatic N) is 2. The zero-order chi connectivity index (χ0) is 13.7. The molecule has 0 fully saturated rings. The topological polar surface area (TPSA) is 42.2 Å². The van der Waals surface area contributed by atoms with Gasteiger partial charge < -0.3 is 10.6 Å². The third kappa shape index (κ3) is 4.30. The van der Waals surface area contributed by atoms with Crippen LogP contribution < -0.4 is 10.6 Å². The van der Waals surface area contributed by atoms with Gasteiger partial charge in [-0.2, -0.15) is 0 Å². The van der Waals surface area contributed by atoms with Gasteiger partial charge in [0.1, 0.15) is 5.82 Å². The second-order valence-corrected chi connectivity index (χ2v) is 5.81. The Hall–Kier alpha value is -1.09. The molecule has 3 nitrogen and oxygen atoms in total. The summed E-state index contributed by atoms with van der Waals surface area (Å²) >= 11 is 0. The van der Waals surface area contributed by atoms with E-state index >= 15 is 0 Å². The van der Waals surface area contributed by atoms with Crippen molar-refractivity contribution in [1.82, 2.24) is 4.98 Å². The quantitative estimate of drug-likeness (QED) is 0.843. The van der Waals surface area contributed by atoms with Gasteiger partial charge in [-0.05, 0) is 44.7 Å². The SMILES string of the molecule is CC(C)CN(c1ncccc1CC(C)N)C(C)C. The van der Waals surface area contributed by atoms with Crippen molar-refractivity contribution in [3.63, 3.8) is 0 Å². The molecule has 1 aromatic heterocycles. The molecule has 0 aliphatic heterocycles. The van der Waals surface area contributed by atoms with Gasteiger partial charge in [-0.1, -0.05) is 19.9 Å². The van der Waals surface area contributed by atoms with Crippen molar-refractivity contribution < 1.29 is 0 Å². The predicted octanol–water partition coefficient (Wildman–Crippen LogP) is 2.84. The first-order valence-corrected chi connectivity index (χ1v) is 6.88. The monoisotopic (exact) mass is 249 g/mol. The molecular formula is C15H27N3. The summed E-state index contributed by atoms with van der Waals surface area (Å²) in [6.07, 6.45) is 2.75. The van der Waals surface area contributed by atoms with E-state index in [1.165, 1.54) is 5.56 Å². The van der Waals surface area contributed by atoms with Crippen molar-refractivity contribution in [2.45, 2.75) is 53.1 Å². The van der Waals surface area contributed by atoms with Gasteiger partial charge in [0.05, 0.1) is 0 Å². The van der Waals surface area contributed by atoms with Crippen molar-refractivity contribution in [3.05, 3.63) is 23.9 Å². The fraction of sp³-hybridized carbons (Fsp3) is 0.667. The van der Waals surface area contributed by atoms with Crippen LogP contribution in [0.5, 0.6) is 0 Å². The van der Waals surface area contributed by atoms with Crippen LogP contribution in [0.4, 0.5) is 5.82 Å². The summed E-state index contributed by atoms with van der Waals surface area (Å²) < 4.78 is 0. The number of rotatable bonds is 6. The van der Waals surface area contributed by atoms with Gasteiger partial charge in [-0.15, -0.1) is 0 Å². The maximum atomic E-state index is 5.92. The van der Waals surface area contributed by atoms with Crippen LogP contribution in [-0.2, 0) is 6.42 Å². The Balaban J connectivity index is 3.03. The lowest BCUT2D eigenvalue weighted by atomic mass is 10.1. The van der Waals surface area contributed by atoms with E-state index in [-0.39, 0.29) is 6.04 Å². The highest BCUT2D eigenvalue weighted by molar-refractivity contribution is 5.48. The summed E-state index contributed by atoms with van der Waals surface area (Å²) in [4.78, 5) is 6.95. The second-order valence-electron chi connectivity index (χ2n) is 5.81. The highest BCUT2D eigenvalue weighted by Crippen LogP contribution is 2.22. The van der Waals surface area contributed by atoms with E-state index in [0.29, 0.717) is 12.0 Å². The third-order valence-corrected chi connectivity index (χ3v) is 2.87. The molecule has 0 saturated carbocycles. The van der Waals surface area contributed by atoms with Crippen LogP contribution in [0.3, 0.4) is 0 Å². The van der Waals surface area contributed by atoms with E-state index in [4.69, 9.17) is 5.73 Å². The molecule has 18 heavy (non-hydrogen) atoms. The van der Waals surface area contributed by atoms with Crippen LogP contribution >= 0.6 is 0 Å². The van der Waals surface area contributed by atoms with Crippen LogP contribution in [0, 0.1) is 5.92 Å². The minimum atomic E-state index is 0.168. The van der Waals surface area contributed by atoms with E-state index in [1.807, 2.05) is 19.2 Å². The molecule has 102 valence electrons. The number of pyridine rings is 1. The molecule has 1 heterocycles. The molecular weight excluding hydrogens is 222 g/mol. The summed E-state index contributed by atoms with van der Waals surface area (Å²) in [5.41, 5.74) is 7.18. The lowest BCUT2D eigenvalue weighted by Gasteiger charge is -2.31. The fourth-order valence-corrected chi connectivity index (χ4v) is 2.13. The lowest BCUT2D eigenvalue weighted by molar-refractivity contribution is 0.563. The number of aromatic nitrogens is 1. The molecule has 0 bridgehead atoms. The second kappa shape index (κ2) is 6.74. The van der Waals surface area contributed by atoms with Gasteiger partial charge in [0, 0.05) is 24.8 Å². The van der Waals surface area contributed by atoms with Crippen molar-refractivity contribution >= 4 is 5.82 Å². The molecule has 0 aliphatic carbocycles. The van der Waals surface area contributed by atoms with Gasteiger partial charge in [0.2, 0.25) is 0 Å². The first-order valence-electron chi connectivity index (χ1n) is 6.88. The molecule has 1 atom stereocenters. The Morgan fingerprint density at radius 1 is 1.22 bits per heavy atom. The Bertz CT molecular complexity index is 359. The average molecular weight is 249 g/mol. The Kier molecular flexibility index (Phi) is 5.60. The third-order valence-electron chi connectivity index (χ3n) is 2.87. The largest absolute Gasteiger partial charge is 0.354 e. The summed E-state index contributed by atoms with van der Waals surface area (Å²) in [5, 5.41) is 0.